The maximum atomic E-state index is 11.5. The third-order valence-electron chi connectivity index (χ3n) is 2.28. The molecule has 0 saturated carbocycles. The molecule has 1 aromatic rings. The number of amides is 1. The minimum Gasteiger partial charge on any atom is -0.466 e. The highest BCUT2D eigenvalue weighted by atomic mass is 35.5. The summed E-state index contributed by atoms with van der Waals surface area (Å²) >= 11 is 0. The molecule has 8 heteroatoms. The van der Waals surface area contributed by atoms with Crippen LogP contribution >= 0.6 is 24.8 Å². The maximum Gasteiger partial charge on any atom is 0.308 e. The lowest BCUT2D eigenvalue weighted by atomic mass is 10.1. The monoisotopic (exact) mass is 323 g/mol. The fourth-order valence-corrected chi connectivity index (χ4v) is 1.47. The van der Waals surface area contributed by atoms with Crippen molar-refractivity contribution in [2.75, 3.05) is 13.2 Å². The number of nitrogens with zero attached hydrogens (tertiary/aromatic N) is 1. The van der Waals surface area contributed by atoms with E-state index < -0.39 is 6.04 Å². The SMILES string of the molecule is CCOC(=O)CC(NC(=O)CN)c1cccnc1.Cl.Cl. The second-order valence-electron chi connectivity index (χ2n) is 3.62. The van der Waals surface area contributed by atoms with Gasteiger partial charge in [-0.15, -0.1) is 24.8 Å². The number of nitrogens with one attached hydrogen (secondary N) is 1. The van der Waals surface area contributed by atoms with Crippen molar-refractivity contribution in [3.05, 3.63) is 30.1 Å². The molecule has 1 aromatic heterocycles. The minimum atomic E-state index is -0.464. The predicted molar refractivity (Wildman–Crippen MR) is 79.9 cm³/mol. The Morgan fingerprint density at radius 3 is 2.65 bits per heavy atom. The van der Waals surface area contributed by atoms with E-state index in [4.69, 9.17) is 10.5 Å². The second kappa shape index (κ2) is 11.5. The van der Waals surface area contributed by atoms with Gasteiger partial charge in [0.05, 0.1) is 25.6 Å². The Bertz CT molecular complexity index is 404. The molecule has 114 valence electrons. The molecule has 0 saturated heterocycles. The van der Waals surface area contributed by atoms with Crippen LogP contribution in [-0.4, -0.2) is 30.0 Å². The van der Waals surface area contributed by atoms with Crippen LogP contribution < -0.4 is 11.1 Å². The molecule has 0 bridgehead atoms. The molecule has 0 radical (unpaired) electrons. The molecule has 1 rings (SSSR count). The number of hydrogen-bond acceptors (Lipinski definition) is 5. The molecule has 3 N–H and O–H groups in total. The molecule has 0 aromatic carbocycles. The van der Waals surface area contributed by atoms with Gasteiger partial charge in [0, 0.05) is 12.4 Å². The average Bonchev–Trinajstić information content (AvgIpc) is 2.39. The molecule has 20 heavy (non-hydrogen) atoms. The quantitative estimate of drug-likeness (QED) is 0.761. The first kappa shape index (κ1) is 20.9. The van der Waals surface area contributed by atoms with E-state index in [2.05, 4.69) is 10.3 Å². The number of rotatable bonds is 6. The van der Waals surface area contributed by atoms with Crippen LogP contribution in [0.4, 0.5) is 0 Å². The van der Waals surface area contributed by atoms with Crippen LogP contribution in [0.5, 0.6) is 0 Å². The molecule has 0 spiro atoms. The zero-order valence-electron chi connectivity index (χ0n) is 11.1. The van der Waals surface area contributed by atoms with Crippen LogP contribution in [0.15, 0.2) is 24.5 Å². The third kappa shape index (κ3) is 7.28. The Labute approximate surface area is 130 Å². The van der Waals surface area contributed by atoms with E-state index in [0.29, 0.717) is 6.61 Å². The number of halogens is 2. The molecule has 0 fully saturated rings. The number of carbonyl (C=O) groups excluding carboxylic acids is 2. The lowest BCUT2D eigenvalue weighted by Gasteiger charge is -2.17. The van der Waals surface area contributed by atoms with E-state index in [1.54, 1.807) is 31.5 Å². The molecule has 1 amide bonds. The van der Waals surface area contributed by atoms with E-state index in [9.17, 15) is 9.59 Å². The standard InChI is InChI=1S/C12H17N3O3.2ClH/c1-2-18-12(17)6-10(15-11(16)7-13)9-4-3-5-14-8-9;;/h3-5,8,10H,2,6-7,13H2,1H3,(H,15,16);2*1H. The van der Waals surface area contributed by atoms with Crippen LogP contribution in [0, 0.1) is 0 Å². The number of hydrogen-bond donors (Lipinski definition) is 2. The predicted octanol–water partition coefficient (Wildman–Crippen LogP) is 0.994. The Hall–Kier alpha value is -1.37. The van der Waals surface area contributed by atoms with Gasteiger partial charge in [0.15, 0.2) is 0 Å². The van der Waals surface area contributed by atoms with E-state index in [0.717, 1.165) is 5.56 Å². The van der Waals surface area contributed by atoms with Gasteiger partial charge in [-0.25, -0.2) is 0 Å². The summed E-state index contributed by atoms with van der Waals surface area (Å²) in [6, 6.07) is 3.06. The Balaban J connectivity index is 0. The van der Waals surface area contributed by atoms with Gasteiger partial charge in [0.2, 0.25) is 5.91 Å². The van der Waals surface area contributed by atoms with E-state index in [1.807, 2.05) is 0 Å². The summed E-state index contributed by atoms with van der Waals surface area (Å²) in [5.41, 5.74) is 5.99. The summed E-state index contributed by atoms with van der Waals surface area (Å²) < 4.78 is 4.87. The molecular weight excluding hydrogens is 305 g/mol. The van der Waals surface area contributed by atoms with Crippen LogP contribution in [0.3, 0.4) is 0 Å². The van der Waals surface area contributed by atoms with Gasteiger partial charge >= 0.3 is 5.97 Å². The van der Waals surface area contributed by atoms with E-state index in [1.165, 1.54) is 0 Å². The summed E-state index contributed by atoms with van der Waals surface area (Å²) in [7, 11) is 0. The summed E-state index contributed by atoms with van der Waals surface area (Å²) in [5.74, 6) is -0.697. The van der Waals surface area contributed by atoms with Crippen molar-refractivity contribution in [3.8, 4) is 0 Å². The van der Waals surface area contributed by atoms with E-state index in [-0.39, 0.29) is 49.7 Å². The van der Waals surface area contributed by atoms with Crippen molar-refractivity contribution in [2.45, 2.75) is 19.4 Å². The van der Waals surface area contributed by atoms with Crippen molar-refractivity contribution >= 4 is 36.7 Å². The Morgan fingerprint density at radius 2 is 2.15 bits per heavy atom. The molecular formula is C12H19Cl2N3O3. The van der Waals surface area contributed by atoms with Gasteiger partial charge in [0.1, 0.15) is 0 Å². The van der Waals surface area contributed by atoms with Gasteiger partial charge in [-0.3, -0.25) is 14.6 Å². The lowest BCUT2D eigenvalue weighted by molar-refractivity contribution is -0.143. The summed E-state index contributed by atoms with van der Waals surface area (Å²) in [5, 5.41) is 2.67. The van der Waals surface area contributed by atoms with Gasteiger partial charge in [-0.05, 0) is 18.6 Å². The fraction of sp³-hybridized carbons (Fsp3) is 0.417. The number of carbonyl (C=O) groups is 2. The third-order valence-corrected chi connectivity index (χ3v) is 2.28. The highest BCUT2D eigenvalue weighted by Crippen LogP contribution is 2.16. The van der Waals surface area contributed by atoms with Crippen LogP contribution in [0.2, 0.25) is 0 Å². The largest absolute Gasteiger partial charge is 0.466 e. The molecule has 1 atom stereocenters. The smallest absolute Gasteiger partial charge is 0.308 e. The molecule has 1 heterocycles. The van der Waals surface area contributed by atoms with Crippen molar-refractivity contribution in [1.29, 1.82) is 0 Å². The highest BCUT2D eigenvalue weighted by Gasteiger charge is 2.18. The first-order valence-corrected chi connectivity index (χ1v) is 5.72. The van der Waals surface area contributed by atoms with Crippen molar-refractivity contribution < 1.29 is 14.3 Å². The summed E-state index contributed by atoms with van der Waals surface area (Å²) in [6.07, 6.45) is 3.28. The van der Waals surface area contributed by atoms with Crippen molar-refractivity contribution in [3.63, 3.8) is 0 Å². The molecule has 1 unspecified atom stereocenters. The van der Waals surface area contributed by atoms with Crippen molar-refractivity contribution in [1.82, 2.24) is 10.3 Å². The maximum absolute atomic E-state index is 11.5. The first-order valence-electron chi connectivity index (χ1n) is 5.72. The number of esters is 1. The molecule has 0 aliphatic carbocycles. The van der Waals surface area contributed by atoms with Gasteiger partial charge in [-0.1, -0.05) is 6.07 Å². The van der Waals surface area contributed by atoms with Crippen LogP contribution in [-0.2, 0) is 14.3 Å². The zero-order chi connectivity index (χ0) is 13.4. The molecule has 6 nitrogen and oxygen atoms in total. The van der Waals surface area contributed by atoms with E-state index >= 15 is 0 Å². The van der Waals surface area contributed by atoms with Crippen LogP contribution in [0.1, 0.15) is 24.9 Å². The highest BCUT2D eigenvalue weighted by molar-refractivity contribution is 5.85. The molecule has 0 aliphatic heterocycles. The Morgan fingerprint density at radius 1 is 1.45 bits per heavy atom. The number of pyridine rings is 1. The topological polar surface area (TPSA) is 94.3 Å². The molecule has 0 aliphatic rings. The first-order chi connectivity index (χ1) is 8.67. The fourth-order valence-electron chi connectivity index (χ4n) is 1.47. The Kier molecular flexibility index (Phi) is 12.0. The number of ether oxygens (including phenoxy) is 1. The second-order valence-corrected chi connectivity index (χ2v) is 3.62. The average molecular weight is 324 g/mol. The number of nitrogens with two attached hydrogens (primary N) is 1. The van der Waals surface area contributed by atoms with Gasteiger partial charge in [-0.2, -0.15) is 0 Å². The zero-order valence-corrected chi connectivity index (χ0v) is 12.7. The minimum absolute atomic E-state index is 0. The summed E-state index contributed by atoms with van der Waals surface area (Å²) in [6.45, 7) is 1.92. The normalized spacial score (nSPS) is 10.5. The lowest BCUT2D eigenvalue weighted by Crippen LogP contribution is -2.35. The van der Waals surface area contributed by atoms with Gasteiger partial charge < -0.3 is 15.8 Å². The summed E-state index contributed by atoms with van der Waals surface area (Å²) in [4.78, 5) is 26.8. The van der Waals surface area contributed by atoms with Crippen molar-refractivity contribution in [2.24, 2.45) is 5.73 Å². The number of aromatic nitrogens is 1. The van der Waals surface area contributed by atoms with Crippen LogP contribution in [0.25, 0.3) is 0 Å². The van der Waals surface area contributed by atoms with Gasteiger partial charge in [0.25, 0.3) is 0 Å².